The summed E-state index contributed by atoms with van der Waals surface area (Å²) in [5, 5.41) is 11.8. The molecule has 1 aliphatic rings. The van der Waals surface area contributed by atoms with Gasteiger partial charge in [-0.25, -0.2) is 0 Å². The number of nitrogens with one attached hydrogen (secondary N) is 1. The molecule has 0 aliphatic heterocycles. The lowest BCUT2D eigenvalue weighted by molar-refractivity contribution is -0.167. The molecular formula is C13H16F3NO. The van der Waals surface area contributed by atoms with Crippen LogP contribution in [0.4, 0.5) is 13.2 Å². The molecule has 5 heteroatoms. The fraction of sp³-hybridized carbons (Fsp3) is 0.538. The van der Waals surface area contributed by atoms with Crippen molar-refractivity contribution in [1.29, 1.82) is 0 Å². The highest BCUT2D eigenvalue weighted by Crippen LogP contribution is 2.49. The number of benzene rings is 1. The summed E-state index contributed by atoms with van der Waals surface area (Å²) in [6.07, 6.45) is -3.33. The normalized spacial score (nSPS) is 19.6. The van der Waals surface area contributed by atoms with Crippen molar-refractivity contribution >= 4 is 0 Å². The fourth-order valence-corrected chi connectivity index (χ4v) is 2.14. The molecule has 1 unspecified atom stereocenters. The van der Waals surface area contributed by atoms with Crippen LogP contribution in [0.2, 0.25) is 0 Å². The van der Waals surface area contributed by atoms with Crippen LogP contribution in [0.15, 0.2) is 24.3 Å². The molecule has 0 bridgehead atoms. The maximum atomic E-state index is 12.8. The summed E-state index contributed by atoms with van der Waals surface area (Å²) in [4.78, 5) is 0. The van der Waals surface area contributed by atoms with Crippen molar-refractivity contribution in [1.82, 2.24) is 5.32 Å². The molecule has 2 N–H and O–H groups in total. The van der Waals surface area contributed by atoms with Crippen LogP contribution in [0.1, 0.15) is 25.3 Å². The first-order chi connectivity index (χ1) is 8.32. The quantitative estimate of drug-likeness (QED) is 0.871. The second kappa shape index (κ2) is 4.46. The first-order valence-electron chi connectivity index (χ1n) is 5.95. The molecule has 1 aromatic carbocycles. The number of hydrogen-bond donors (Lipinski definition) is 2. The molecule has 1 atom stereocenters. The zero-order valence-corrected chi connectivity index (χ0v) is 10.1. The van der Waals surface area contributed by atoms with Crippen molar-refractivity contribution in [3.8, 4) is 5.75 Å². The molecular weight excluding hydrogens is 243 g/mol. The molecule has 0 radical (unpaired) electrons. The van der Waals surface area contributed by atoms with Gasteiger partial charge in [-0.1, -0.05) is 12.1 Å². The molecule has 0 saturated heterocycles. The van der Waals surface area contributed by atoms with Gasteiger partial charge in [0.05, 0.1) is 0 Å². The van der Waals surface area contributed by atoms with Crippen molar-refractivity contribution in [2.24, 2.45) is 0 Å². The average Bonchev–Trinajstić information content (AvgIpc) is 3.01. The second-order valence-corrected chi connectivity index (χ2v) is 5.00. The zero-order valence-electron chi connectivity index (χ0n) is 10.1. The van der Waals surface area contributed by atoms with Crippen LogP contribution in [0, 0.1) is 0 Å². The molecule has 1 fully saturated rings. The van der Waals surface area contributed by atoms with Gasteiger partial charge in [-0.2, -0.15) is 13.2 Å². The summed E-state index contributed by atoms with van der Waals surface area (Å²) >= 11 is 0. The topological polar surface area (TPSA) is 32.3 Å². The van der Waals surface area contributed by atoms with Crippen LogP contribution in [0.3, 0.4) is 0 Å². The summed E-state index contributed by atoms with van der Waals surface area (Å²) in [7, 11) is 0. The van der Waals surface area contributed by atoms with E-state index in [0.29, 0.717) is 6.42 Å². The summed E-state index contributed by atoms with van der Waals surface area (Å²) in [6.45, 7) is 1.75. The summed E-state index contributed by atoms with van der Waals surface area (Å²) in [5.74, 6) is 0.160. The van der Waals surface area contributed by atoms with Crippen LogP contribution >= 0.6 is 0 Å². The van der Waals surface area contributed by atoms with Crippen molar-refractivity contribution in [3.05, 3.63) is 29.8 Å². The van der Waals surface area contributed by atoms with Crippen molar-refractivity contribution in [2.45, 2.75) is 43.9 Å². The third-order valence-corrected chi connectivity index (χ3v) is 3.29. The Labute approximate surface area is 104 Å². The molecule has 2 nitrogen and oxygen atoms in total. The molecule has 1 aliphatic carbocycles. The average molecular weight is 259 g/mol. The highest BCUT2D eigenvalue weighted by molar-refractivity contribution is 5.26. The highest BCUT2D eigenvalue weighted by atomic mass is 19.4. The Hall–Kier alpha value is -1.23. The van der Waals surface area contributed by atoms with E-state index >= 15 is 0 Å². The van der Waals surface area contributed by atoms with Crippen LogP contribution in [-0.4, -0.2) is 22.9 Å². The number of aromatic hydroxyl groups is 1. The van der Waals surface area contributed by atoms with E-state index in [9.17, 15) is 13.2 Å². The Morgan fingerprint density at radius 1 is 1.28 bits per heavy atom. The SMILES string of the molecule is CC(Cc1ccc(O)cc1)NC1(C(F)(F)F)CC1. The van der Waals surface area contributed by atoms with E-state index in [1.54, 1.807) is 31.2 Å². The summed E-state index contributed by atoms with van der Waals surface area (Å²) in [5.41, 5.74) is -0.755. The predicted octanol–water partition coefficient (Wildman–Crippen LogP) is 3.01. The number of rotatable bonds is 4. The Balaban J connectivity index is 1.93. The van der Waals surface area contributed by atoms with Gasteiger partial charge in [0.15, 0.2) is 0 Å². The van der Waals surface area contributed by atoms with E-state index in [0.717, 1.165) is 5.56 Å². The lowest BCUT2D eigenvalue weighted by Gasteiger charge is -2.25. The minimum atomic E-state index is -4.17. The Bertz CT molecular complexity index is 409. The second-order valence-electron chi connectivity index (χ2n) is 5.00. The number of phenols is 1. The first kappa shape index (κ1) is 13.2. The maximum absolute atomic E-state index is 12.8. The monoisotopic (exact) mass is 259 g/mol. The number of halogens is 3. The first-order valence-corrected chi connectivity index (χ1v) is 5.95. The smallest absolute Gasteiger partial charge is 0.406 e. The van der Waals surface area contributed by atoms with E-state index in [1.165, 1.54) is 0 Å². The van der Waals surface area contributed by atoms with Gasteiger partial charge in [-0.15, -0.1) is 0 Å². The van der Waals surface area contributed by atoms with E-state index < -0.39 is 11.7 Å². The van der Waals surface area contributed by atoms with E-state index in [-0.39, 0.29) is 24.6 Å². The molecule has 100 valence electrons. The van der Waals surface area contributed by atoms with Gasteiger partial charge in [0.1, 0.15) is 11.3 Å². The van der Waals surface area contributed by atoms with Gasteiger partial charge in [0, 0.05) is 6.04 Å². The maximum Gasteiger partial charge on any atom is 0.406 e. The van der Waals surface area contributed by atoms with E-state index in [2.05, 4.69) is 5.32 Å². The van der Waals surface area contributed by atoms with Crippen LogP contribution in [0.25, 0.3) is 0 Å². The fourth-order valence-electron chi connectivity index (χ4n) is 2.14. The Kier molecular flexibility index (Phi) is 3.27. The van der Waals surface area contributed by atoms with Gasteiger partial charge in [0.2, 0.25) is 0 Å². The van der Waals surface area contributed by atoms with Crippen LogP contribution in [0.5, 0.6) is 5.75 Å². The molecule has 0 amide bonds. The summed E-state index contributed by atoms with van der Waals surface area (Å²) < 4.78 is 38.3. The molecule has 1 saturated carbocycles. The number of hydrogen-bond acceptors (Lipinski definition) is 2. The Morgan fingerprint density at radius 2 is 1.83 bits per heavy atom. The number of alkyl halides is 3. The summed E-state index contributed by atoms with van der Waals surface area (Å²) in [6, 6.07) is 6.28. The molecule has 1 aromatic rings. The molecule has 0 heterocycles. The molecule has 0 aromatic heterocycles. The molecule has 0 spiro atoms. The van der Waals surface area contributed by atoms with Gasteiger partial charge >= 0.3 is 6.18 Å². The van der Waals surface area contributed by atoms with Gasteiger partial charge in [-0.3, -0.25) is 0 Å². The minimum Gasteiger partial charge on any atom is -0.508 e. The molecule has 18 heavy (non-hydrogen) atoms. The third-order valence-electron chi connectivity index (χ3n) is 3.29. The third kappa shape index (κ3) is 2.77. The van der Waals surface area contributed by atoms with E-state index in [1.807, 2.05) is 0 Å². The minimum absolute atomic E-state index is 0.160. The lowest BCUT2D eigenvalue weighted by Crippen LogP contribution is -2.49. The largest absolute Gasteiger partial charge is 0.508 e. The van der Waals surface area contributed by atoms with Crippen molar-refractivity contribution in [3.63, 3.8) is 0 Å². The van der Waals surface area contributed by atoms with Gasteiger partial charge < -0.3 is 10.4 Å². The standard InChI is InChI=1S/C13H16F3NO/c1-9(8-10-2-4-11(18)5-3-10)17-12(6-7-12)13(14,15)16/h2-5,9,17-18H,6-8H2,1H3. The number of phenolic OH excluding ortho intramolecular Hbond substituents is 1. The van der Waals surface area contributed by atoms with Crippen molar-refractivity contribution < 1.29 is 18.3 Å². The van der Waals surface area contributed by atoms with Crippen LogP contribution < -0.4 is 5.32 Å². The van der Waals surface area contributed by atoms with Crippen LogP contribution in [-0.2, 0) is 6.42 Å². The Morgan fingerprint density at radius 3 is 2.28 bits per heavy atom. The van der Waals surface area contributed by atoms with Gasteiger partial charge in [-0.05, 0) is 43.9 Å². The zero-order chi connectivity index (χ0) is 13.4. The van der Waals surface area contributed by atoms with E-state index in [4.69, 9.17) is 5.11 Å². The highest BCUT2D eigenvalue weighted by Gasteiger charge is 2.63. The predicted molar refractivity (Wildman–Crippen MR) is 62.4 cm³/mol. The van der Waals surface area contributed by atoms with Gasteiger partial charge in [0.25, 0.3) is 0 Å². The molecule has 2 rings (SSSR count). The lowest BCUT2D eigenvalue weighted by atomic mass is 10.1. The van der Waals surface area contributed by atoms with Crippen molar-refractivity contribution in [2.75, 3.05) is 0 Å².